The molecule has 5 nitrogen and oxygen atoms in total. The average molecular weight is 410 g/mol. The number of hydrogen-bond acceptors (Lipinski definition) is 6. The molecule has 0 bridgehead atoms. The number of hydrogen-bond donors (Lipinski definition) is 1. The molecule has 0 fully saturated rings. The van der Waals surface area contributed by atoms with Gasteiger partial charge in [0.2, 0.25) is 5.13 Å². The number of rotatable bonds is 7. The van der Waals surface area contributed by atoms with Crippen LogP contribution in [0.1, 0.15) is 43.5 Å². The van der Waals surface area contributed by atoms with E-state index in [9.17, 15) is 4.79 Å². The lowest BCUT2D eigenvalue weighted by molar-refractivity contribution is -0.142. The lowest BCUT2D eigenvalue weighted by Crippen LogP contribution is -2.07. The molecule has 0 radical (unpaired) electrons. The molecule has 128 valence electrons. The summed E-state index contributed by atoms with van der Waals surface area (Å²) < 4.78 is 5.97. The molecule has 0 aliphatic heterocycles. The van der Waals surface area contributed by atoms with Gasteiger partial charge < -0.3 is 4.74 Å². The zero-order chi connectivity index (χ0) is 17.5. The number of hydrazone groups is 1. The smallest absolute Gasteiger partial charge is 0.311 e. The second-order valence-electron chi connectivity index (χ2n) is 5.42. The van der Waals surface area contributed by atoms with Crippen LogP contribution in [-0.2, 0) is 16.0 Å². The molecular formula is C17H20BrN3O2S. The first-order valence-electron chi connectivity index (χ1n) is 7.68. The molecular weight excluding hydrogens is 390 g/mol. The average Bonchev–Trinajstić information content (AvgIpc) is 2.96. The second-order valence-corrected chi connectivity index (χ2v) is 7.20. The minimum atomic E-state index is -0.269. The summed E-state index contributed by atoms with van der Waals surface area (Å²) in [5, 5.41) is 6.73. The lowest BCUT2D eigenvalue weighted by atomic mass is 9.98. The summed E-state index contributed by atoms with van der Waals surface area (Å²) >= 11 is 4.90. The molecule has 7 heteroatoms. The number of carbonyl (C=O) groups excluding carboxylic acids is 1. The van der Waals surface area contributed by atoms with Gasteiger partial charge in [-0.3, -0.25) is 10.2 Å². The molecule has 1 heterocycles. The molecule has 1 N–H and O–H groups in total. The maximum Gasteiger partial charge on any atom is 0.311 e. The van der Waals surface area contributed by atoms with Crippen molar-refractivity contribution in [3.63, 3.8) is 0 Å². The summed E-state index contributed by atoms with van der Waals surface area (Å²) in [6.07, 6.45) is 1.97. The SMILES string of the molecule is CCOC(=O)Cc1csc(NN=Cc2ccc(Br)cc2C(C)C)n1. The fourth-order valence-electron chi connectivity index (χ4n) is 2.12. The Morgan fingerprint density at radius 2 is 2.29 bits per heavy atom. The Labute approximate surface area is 154 Å². The summed E-state index contributed by atoms with van der Waals surface area (Å²) in [6.45, 7) is 6.46. The van der Waals surface area contributed by atoms with Crippen molar-refractivity contribution >= 4 is 44.6 Å². The van der Waals surface area contributed by atoms with Crippen LogP contribution in [0.15, 0.2) is 33.2 Å². The van der Waals surface area contributed by atoms with Crippen molar-refractivity contribution in [2.75, 3.05) is 12.0 Å². The number of halogens is 1. The zero-order valence-corrected chi connectivity index (χ0v) is 16.3. The summed E-state index contributed by atoms with van der Waals surface area (Å²) in [5.74, 6) is 0.134. The summed E-state index contributed by atoms with van der Waals surface area (Å²) in [4.78, 5) is 15.8. The van der Waals surface area contributed by atoms with Crippen molar-refractivity contribution < 1.29 is 9.53 Å². The van der Waals surface area contributed by atoms with Gasteiger partial charge in [0.15, 0.2) is 0 Å². The number of carbonyl (C=O) groups is 1. The minimum Gasteiger partial charge on any atom is -0.466 e. The highest BCUT2D eigenvalue weighted by Crippen LogP contribution is 2.23. The topological polar surface area (TPSA) is 63.6 Å². The maximum absolute atomic E-state index is 11.4. The molecule has 2 aromatic rings. The molecule has 24 heavy (non-hydrogen) atoms. The van der Waals surface area contributed by atoms with Crippen LogP contribution in [0.4, 0.5) is 5.13 Å². The van der Waals surface area contributed by atoms with Gasteiger partial charge in [-0.1, -0.05) is 35.8 Å². The van der Waals surface area contributed by atoms with Gasteiger partial charge in [-0.2, -0.15) is 5.10 Å². The van der Waals surface area contributed by atoms with Crippen molar-refractivity contribution in [3.8, 4) is 0 Å². The van der Waals surface area contributed by atoms with E-state index < -0.39 is 0 Å². The number of aromatic nitrogens is 1. The highest BCUT2D eigenvalue weighted by molar-refractivity contribution is 9.10. The van der Waals surface area contributed by atoms with Gasteiger partial charge in [-0.05, 0) is 36.1 Å². The highest BCUT2D eigenvalue weighted by atomic mass is 79.9. The molecule has 0 saturated heterocycles. The van der Waals surface area contributed by atoms with E-state index in [0.29, 0.717) is 23.4 Å². The van der Waals surface area contributed by atoms with Gasteiger partial charge in [-0.15, -0.1) is 11.3 Å². The first-order chi connectivity index (χ1) is 11.5. The number of thiazole rings is 1. The van der Waals surface area contributed by atoms with E-state index >= 15 is 0 Å². The molecule has 0 amide bonds. The van der Waals surface area contributed by atoms with Crippen LogP contribution in [0, 0.1) is 0 Å². The van der Waals surface area contributed by atoms with Crippen LogP contribution in [0.5, 0.6) is 0 Å². The predicted octanol–water partition coefficient (Wildman–Crippen LogP) is 4.58. The third-order valence-corrected chi connectivity index (χ3v) is 4.51. The van der Waals surface area contributed by atoms with Crippen LogP contribution < -0.4 is 5.43 Å². The predicted molar refractivity (Wildman–Crippen MR) is 102 cm³/mol. The van der Waals surface area contributed by atoms with E-state index in [0.717, 1.165) is 10.0 Å². The van der Waals surface area contributed by atoms with Crippen LogP contribution >= 0.6 is 27.3 Å². The maximum atomic E-state index is 11.4. The Morgan fingerprint density at radius 3 is 3.00 bits per heavy atom. The summed E-state index contributed by atoms with van der Waals surface area (Å²) in [5.41, 5.74) is 5.87. The van der Waals surface area contributed by atoms with Gasteiger partial charge in [-0.25, -0.2) is 4.98 Å². The molecule has 2 rings (SSSR count). The van der Waals surface area contributed by atoms with Gasteiger partial charge in [0.05, 0.1) is 24.9 Å². The lowest BCUT2D eigenvalue weighted by Gasteiger charge is -2.09. The number of nitrogens with one attached hydrogen (secondary N) is 1. The van der Waals surface area contributed by atoms with Crippen LogP contribution in [0.3, 0.4) is 0 Å². The molecule has 1 aromatic carbocycles. The van der Waals surface area contributed by atoms with Crippen LogP contribution in [0.2, 0.25) is 0 Å². The number of esters is 1. The van der Waals surface area contributed by atoms with Crippen molar-refractivity contribution in [2.24, 2.45) is 5.10 Å². The van der Waals surface area contributed by atoms with Crippen molar-refractivity contribution in [3.05, 3.63) is 44.9 Å². The van der Waals surface area contributed by atoms with Crippen LogP contribution in [0.25, 0.3) is 0 Å². The van der Waals surface area contributed by atoms with Crippen LogP contribution in [-0.4, -0.2) is 23.8 Å². The van der Waals surface area contributed by atoms with E-state index in [1.54, 1.807) is 13.1 Å². The van der Waals surface area contributed by atoms with E-state index in [2.05, 4.69) is 51.4 Å². The van der Waals surface area contributed by atoms with Gasteiger partial charge in [0.1, 0.15) is 0 Å². The second kappa shape index (κ2) is 8.94. The quantitative estimate of drug-likeness (QED) is 0.412. The highest BCUT2D eigenvalue weighted by Gasteiger charge is 2.08. The van der Waals surface area contributed by atoms with Gasteiger partial charge in [0, 0.05) is 9.85 Å². The largest absolute Gasteiger partial charge is 0.466 e. The van der Waals surface area contributed by atoms with Crippen molar-refractivity contribution in [1.29, 1.82) is 0 Å². The number of ether oxygens (including phenoxy) is 1. The Morgan fingerprint density at radius 1 is 1.50 bits per heavy atom. The third kappa shape index (κ3) is 5.42. The minimum absolute atomic E-state index is 0.180. The summed E-state index contributed by atoms with van der Waals surface area (Å²) in [6, 6.07) is 6.12. The molecule has 0 atom stereocenters. The third-order valence-electron chi connectivity index (χ3n) is 3.22. The zero-order valence-electron chi connectivity index (χ0n) is 13.9. The first kappa shape index (κ1) is 18.6. The van der Waals surface area contributed by atoms with E-state index in [1.807, 2.05) is 17.5 Å². The van der Waals surface area contributed by atoms with Gasteiger partial charge in [0.25, 0.3) is 0 Å². The molecule has 0 unspecified atom stereocenters. The Balaban J connectivity index is 2.00. The Bertz CT molecular complexity index is 728. The molecule has 0 aliphatic carbocycles. The standard InChI is InChI=1S/C17H20BrN3O2S/c1-4-23-16(22)8-14-10-24-17(20-14)21-19-9-12-5-6-13(18)7-15(12)11(2)3/h5-7,9-11H,4,8H2,1-3H3,(H,20,21). The Kier molecular flexibility index (Phi) is 6.93. The Hall–Kier alpha value is -1.73. The fourth-order valence-corrected chi connectivity index (χ4v) is 3.16. The molecule has 0 spiro atoms. The molecule has 1 aromatic heterocycles. The molecule has 0 saturated carbocycles. The van der Waals surface area contributed by atoms with E-state index in [-0.39, 0.29) is 12.4 Å². The number of benzene rings is 1. The summed E-state index contributed by atoms with van der Waals surface area (Å²) in [7, 11) is 0. The monoisotopic (exact) mass is 409 g/mol. The van der Waals surface area contributed by atoms with Gasteiger partial charge >= 0.3 is 5.97 Å². The normalized spacial score (nSPS) is 11.2. The fraction of sp³-hybridized carbons (Fsp3) is 0.353. The molecule has 0 aliphatic rings. The number of anilines is 1. The van der Waals surface area contributed by atoms with E-state index in [1.165, 1.54) is 16.9 Å². The number of nitrogens with zero attached hydrogens (tertiary/aromatic N) is 2. The van der Waals surface area contributed by atoms with Crippen molar-refractivity contribution in [2.45, 2.75) is 33.1 Å². The van der Waals surface area contributed by atoms with Crippen molar-refractivity contribution in [1.82, 2.24) is 4.98 Å². The first-order valence-corrected chi connectivity index (χ1v) is 9.35. The van der Waals surface area contributed by atoms with E-state index in [4.69, 9.17) is 4.74 Å².